The van der Waals surface area contributed by atoms with Crippen molar-refractivity contribution < 1.29 is 4.52 Å². The normalized spacial score (nSPS) is 16.0. The summed E-state index contributed by atoms with van der Waals surface area (Å²) in [5.74, 6) is 4.27. The van der Waals surface area contributed by atoms with E-state index in [0.29, 0.717) is 5.89 Å². The molecule has 0 radical (unpaired) electrons. The third-order valence-electron chi connectivity index (χ3n) is 2.65. The summed E-state index contributed by atoms with van der Waals surface area (Å²) in [4.78, 5) is 5.43. The van der Waals surface area contributed by atoms with Crippen molar-refractivity contribution in [3.8, 4) is 10.8 Å². The van der Waals surface area contributed by atoms with Gasteiger partial charge in [0.15, 0.2) is 5.82 Å². The van der Waals surface area contributed by atoms with Gasteiger partial charge in [-0.3, -0.25) is 0 Å². The van der Waals surface area contributed by atoms with Crippen LogP contribution in [0.1, 0.15) is 5.82 Å². The molecule has 0 saturated carbocycles. The highest BCUT2D eigenvalue weighted by molar-refractivity contribution is 7.98. The average Bonchev–Trinajstić information content (AvgIpc) is 2.91. The van der Waals surface area contributed by atoms with Crippen molar-refractivity contribution in [1.29, 1.82) is 0 Å². The Kier molecular flexibility index (Phi) is 3.44. The Morgan fingerprint density at radius 2 is 2.47 bits per heavy atom. The maximum atomic E-state index is 5.23. The van der Waals surface area contributed by atoms with Crippen molar-refractivity contribution in [3.63, 3.8) is 0 Å². The summed E-state index contributed by atoms with van der Waals surface area (Å²) in [5, 5.41) is 9.28. The monoisotopic (exact) mass is 267 g/mol. The van der Waals surface area contributed by atoms with Crippen molar-refractivity contribution in [3.05, 3.63) is 23.3 Å². The molecule has 2 aromatic heterocycles. The Balaban J connectivity index is 1.53. The first-order valence-corrected chi connectivity index (χ1v) is 7.60. The molecule has 1 N–H and O–H groups in total. The van der Waals surface area contributed by atoms with E-state index in [9.17, 15) is 0 Å². The van der Waals surface area contributed by atoms with Crippen molar-refractivity contribution in [2.75, 3.05) is 18.8 Å². The molecule has 6 heteroatoms. The van der Waals surface area contributed by atoms with Gasteiger partial charge in [0.05, 0.1) is 10.6 Å². The average molecular weight is 267 g/mol. The summed E-state index contributed by atoms with van der Waals surface area (Å²) in [6.45, 7) is 2.30. The maximum absolute atomic E-state index is 5.23. The highest BCUT2D eigenvalue weighted by Crippen LogP contribution is 2.23. The van der Waals surface area contributed by atoms with Crippen LogP contribution in [-0.2, 0) is 5.75 Å². The number of nitrogens with one attached hydrogen (secondary N) is 1. The summed E-state index contributed by atoms with van der Waals surface area (Å²) in [6, 6.07) is 3.98. The molecule has 17 heavy (non-hydrogen) atoms. The smallest absolute Gasteiger partial charge is 0.268 e. The number of hydrogen-bond donors (Lipinski definition) is 1. The highest BCUT2D eigenvalue weighted by atomic mass is 32.2. The molecule has 1 aliphatic rings. The minimum atomic E-state index is 0.640. The lowest BCUT2D eigenvalue weighted by atomic mass is 10.1. The standard InChI is InChI=1S/C11H13N3OS2/c1-2-9(17-3-1)11-13-10(14-15-11)7-16-6-8-4-12-5-8/h1-3,8,12H,4-7H2. The molecule has 3 rings (SSSR count). The second-order valence-corrected chi connectivity index (χ2v) is 6.01. The minimum Gasteiger partial charge on any atom is -0.333 e. The van der Waals surface area contributed by atoms with Crippen LogP contribution >= 0.6 is 23.1 Å². The Labute approximate surface area is 108 Å². The number of thiophene rings is 1. The Morgan fingerprint density at radius 3 is 3.18 bits per heavy atom. The molecule has 0 amide bonds. The number of rotatable bonds is 5. The Bertz CT molecular complexity index is 465. The lowest BCUT2D eigenvalue weighted by molar-refractivity contribution is 0.385. The van der Waals surface area contributed by atoms with Crippen LogP contribution in [0, 0.1) is 5.92 Å². The topological polar surface area (TPSA) is 51.0 Å². The molecule has 1 aliphatic heterocycles. The van der Waals surface area contributed by atoms with Crippen molar-refractivity contribution in [2.24, 2.45) is 5.92 Å². The molecule has 0 atom stereocenters. The summed E-state index contributed by atoms with van der Waals surface area (Å²) in [5.41, 5.74) is 0. The molecule has 4 nitrogen and oxygen atoms in total. The summed E-state index contributed by atoms with van der Waals surface area (Å²) in [7, 11) is 0. The molecule has 2 aromatic rings. The van der Waals surface area contributed by atoms with Crippen LogP contribution in [-0.4, -0.2) is 29.0 Å². The number of aromatic nitrogens is 2. The third-order valence-corrected chi connectivity index (χ3v) is 4.68. The zero-order valence-corrected chi connectivity index (χ0v) is 10.9. The van der Waals surface area contributed by atoms with Crippen LogP contribution in [0.2, 0.25) is 0 Å². The number of thioether (sulfide) groups is 1. The van der Waals surface area contributed by atoms with Gasteiger partial charge in [-0.1, -0.05) is 11.2 Å². The van der Waals surface area contributed by atoms with Gasteiger partial charge >= 0.3 is 0 Å². The lowest BCUT2D eigenvalue weighted by Crippen LogP contribution is -2.43. The quantitative estimate of drug-likeness (QED) is 0.900. The van der Waals surface area contributed by atoms with Crippen LogP contribution in [0.15, 0.2) is 22.0 Å². The predicted octanol–water partition coefficient (Wildman–Crippen LogP) is 2.25. The van der Waals surface area contributed by atoms with Gasteiger partial charge in [-0.2, -0.15) is 16.7 Å². The largest absolute Gasteiger partial charge is 0.333 e. The van der Waals surface area contributed by atoms with Crippen LogP contribution in [0.3, 0.4) is 0 Å². The van der Waals surface area contributed by atoms with Crippen molar-refractivity contribution in [1.82, 2.24) is 15.5 Å². The van der Waals surface area contributed by atoms with Crippen LogP contribution in [0.4, 0.5) is 0 Å². The van der Waals surface area contributed by atoms with Gasteiger partial charge in [0.2, 0.25) is 0 Å². The van der Waals surface area contributed by atoms with Gasteiger partial charge in [0, 0.05) is 0 Å². The molecule has 0 unspecified atom stereocenters. The van der Waals surface area contributed by atoms with E-state index in [4.69, 9.17) is 4.52 Å². The molecular weight excluding hydrogens is 254 g/mol. The molecule has 0 aliphatic carbocycles. The Morgan fingerprint density at radius 1 is 1.53 bits per heavy atom. The fourth-order valence-corrected chi connectivity index (χ4v) is 3.23. The van der Waals surface area contributed by atoms with E-state index >= 15 is 0 Å². The van der Waals surface area contributed by atoms with Gasteiger partial charge in [-0.15, -0.1) is 11.3 Å². The first-order valence-electron chi connectivity index (χ1n) is 5.57. The van der Waals surface area contributed by atoms with Gasteiger partial charge in [-0.25, -0.2) is 0 Å². The zero-order valence-electron chi connectivity index (χ0n) is 9.26. The van der Waals surface area contributed by atoms with Gasteiger partial charge in [-0.05, 0) is 36.2 Å². The molecule has 3 heterocycles. The maximum Gasteiger partial charge on any atom is 0.268 e. The summed E-state index contributed by atoms with van der Waals surface area (Å²) < 4.78 is 5.23. The molecule has 1 saturated heterocycles. The van der Waals surface area contributed by atoms with E-state index in [1.807, 2.05) is 29.3 Å². The fourth-order valence-electron chi connectivity index (χ4n) is 1.60. The van der Waals surface area contributed by atoms with E-state index < -0.39 is 0 Å². The van der Waals surface area contributed by atoms with Crippen LogP contribution in [0.5, 0.6) is 0 Å². The zero-order chi connectivity index (χ0) is 11.5. The van der Waals surface area contributed by atoms with Crippen LogP contribution in [0.25, 0.3) is 10.8 Å². The van der Waals surface area contributed by atoms with Gasteiger partial charge in [0.1, 0.15) is 0 Å². The summed E-state index contributed by atoms with van der Waals surface area (Å²) in [6.07, 6.45) is 0. The van der Waals surface area contributed by atoms with Crippen molar-refractivity contribution in [2.45, 2.75) is 5.75 Å². The van der Waals surface area contributed by atoms with Gasteiger partial charge < -0.3 is 9.84 Å². The van der Waals surface area contributed by atoms with Crippen LogP contribution < -0.4 is 5.32 Å². The lowest BCUT2D eigenvalue weighted by Gasteiger charge is -2.26. The van der Waals surface area contributed by atoms with Gasteiger partial charge in [0.25, 0.3) is 5.89 Å². The van der Waals surface area contributed by atoms with E-state index in [-0.39, 0.29) is 0 Å². The molecule has 0 aromatic carbocycles. The second kappa shape index (κ2) is 5.20. The Hall–Kier alpha value is -0.850. The highest BCUT2D eigenvalue weighted by Gasteiger charge is 2.17. The molecule has 1 fully saturated rings. The third kappa shape index (κ3) is 2.70. The van der Waals surface area contributed by atoms with E-state index in [2.05, 4.69) is 15.5 Å². The van der Waals surface area contributed by atoms with E-state index in [1.54, 1.807) is 11.3 Å². The number of nitrogens with zero attached hydrogens (tertiary/aromatic N) is 2. The van der Waals surface area contributed by atoms with E-state index in [0.717, 1.165) is 35.5 Å². The number of hydrogen-bond acceptors (Lipinski definition) is 6. The molecular formula is C11H13N3OS2. The molecule has 0 bridgehead atoms. The predicted molar refractivity (Wildman–Crippen MR) is 70.1 cm³/mol. The summed E-state index contributed by atoms with van der Waals surface area (Å²) >= 11 is 3.50. The SMILES string of the molecule is c1csc(-c2nc(CSCC3CNC3)no2)c1. The first-order chi connectivity index (χ1) is 8.42. The van der Waals surface area contributed by atoms with Crippen molar-refractivity contribution >= 4 is 23.1 Å². The second-order valence-electron chi connectivity index (χ2n) is 4.03. The minimum absolute atomic E-state index is 0.640. The molecule has 90 valence electrons. The molecule has 0 spiro atoms. The van der Waals surface area contributed by atoms with E-state index in [1.165, 1.54) is 5.75 Å². The first kappa shape index (κ1) is 11.3. The fraction of sp³-hybridized carbons (Fsp3) is 0.455.